The summed E-state index contributed by atoms with van der Waals surface area (Å²) in [6.45, 7) is 7.44. The highest BCUT2D eigenvalue weighted by Gasteiger charge is 2.33. The summed E-state index contributed by atoms with van der Waals surface area (Å²) in [6, 6.07) is -0.276. The van der Waals surface area contributed by atoms with Crippen LogP contribution in [-0.2, 0) is 10.2 Å². The van der Waals surface area contributed by atoms with Crippen molar-refractivity contribution in [1.82, 2.24) is 13.5 Å². The van der Waals surface area contributed by atoms with Crippen molar-refractivity contribution >= 4 is 16.0 Å². The minimum absolute atomic E-state index is 0.0749. The Morgan fingerprint density at radius 2 is 1.75 bits per heavy atom. The predicted molar refractivity (Wildman–Crippen MR) is 77.8 cm³/mol. The van der Waals surface area contributed by atoms with Crippen LogP contribution in [0.25, 0.3) is 0 Å². The number of piperazine rings is 1. The number of rotatable bonds is 5. The number of oxime groups is 1. The van der Waals surface area contributed by atoms with E-state index < -0.39 is 10.2 Å². The van der Waals surface area contributed by atoms with Gasteiger partial charge in [0.15, 0.2) is 5.84 Å². The summed E-state index contributed by atoms with van der Waals surface area (Å²) in [7, 11) is -1.82. The maximum absolute atomic E-state index is 12.3. The van der Waals surface area contributed by atoms with Crippen molar-refractivity contribution < 1.29 is 13.6 Å². The smallest absolute Gasteiger partial charge is 0.282 e. The van der Waals surface area contributed by atoms with Gasteiger partial charge in [-0.25, -0.2) is 0 Å². The van der Waals surface area contributed by atoms with E-state index in [1.54, 1.807) is 7.05 Å². The van der Waals surface area contributed by atoms with Gasteiger partial charge in [-0.2, -0.15) is 17.0 Å². The molecule has 1 saturated heterocycles. The largest absolute Gasteiger partial charge is 0.409 e. The minimum Gasteiger partial charge on any atom is -0.409 e. The van der Waals surface area contributed by atoms with E-state index in [1.807, 2.05) is 25.7 Å². The average molecular weight is 307 g/mol. The molecule has 1 rings (SSSR count). The highest BCUT2D eigenvalue weighted by Crippen LogP contribution is 2.14. The predicted octanol–water partition coefficient (Wildman–Crippen LogP) is -0.676. The molecule has 1 unspecified atom stereocenters. The van der Waals surface area contributed by atoms with Crippen LogP contribution < -0.4 is 5.73 Å². The maximum atomic E-state index is 12.3. The first-order valence-electron chi connectivity index (χ1n) is 6.66. The molecule has 0 aromatic carbocycles. The Morgan fingerprint density at radius 1 is 1.25 bits per heavy atom. The first-order chi connectivity index (χ1) is 9.21. The standard InChI is InChI=1S/C11H25N5O3S/c1-9(2)14(4)20(18,19)16-7-5-15(6-8-16)10(3)11(12)13-17/h9-10,17H,5-8H2,1-4H3,(H2,12,13). The molecule has 1 atom stereocenters. The van der Waals surface area contributed by atoms with Crippen LogP contribution in [0.2, 0.25) is 0 Å². The summed E-state index contributed by atoms with van der Waals surface area (Å²) >= 11 is 0. The van der Waals surface area contributed by atoms with Gasteiger partial charge in [0.1, 0.15) is 0 Å². The normalized spacial score (nSPS) is 21.6. The molecule has 20 heavy (non-hydrogen) atoms. The quantitative estimate of drug-likeness (QED) is 0.303. The van der Waals surface area contributed by atoms with E-state index in [4.69, 9.17) is 10.9 Å². The second-order valence-corrected chi connectivity index (χ2v) is 7.24. The van der Waals surface area contributed by atoms with Gasteiger partial charge in [-0.05, 0) is 20.8 Å². The summed E-state index contributed by atoms with van der Waals surface area (Å²) in [6.07, 6.45) is 0. The molecule has 3 N–H and O–H groups in total. The van der Waals surface area contributed by atoms with Gasteiger partial charge in [-0.15, -0.1) is 0 Å². The molecule has 8 nitrogen and oxygen atoms in total. The highest BCUT2D eigenvalue weighted by molar-refractivity contribution is 7.86. The van der Waals surface area contributed by atoms with Crippen molar-refractivity contribution in [2.24, 2.45) is 10.9 Å². The second-order valence-electron chi connectivity index (χ2n) is 5.25. The van der Waals surface area contributed by atoms with Gasteiger partial charge >= 0.3 is 0 Å². The van der Waals surface area contributed by atoms with Crippen LogP contribution in [0.5, 0.6) is 0 Å². The van der Waals surface area contributed by atoms with Crippen LogP contribution in [0.1, 0.15) is 20.8 Å². The van der Waals surface area contributed by atoms with Crippen LogP contribution in [0.15, 0.2) is 5.16 Å². The molecule has 1 heterocycles. The Bertz CT molecular complexity index is 443. The molecule has 0 spiro atoms. The fourth-order valence-corrected chi connectivity index (χ4v) is 3.56. The van der Waals surface area contributed by atoms with Crippen LogP contribution >= 0.6 is 0 Å². The summed E-state index contributed by atoms with van der Waals surface area (Å²) in [4.78, 5) is 2.00. The zero-order chi connectivity index (χ0) is 15.5. The molecule has 1 aliphatic rings. The van der Waals surface area contributed by atoms with E-state index in [0.717, 1.165) is 0 Å². The van der Waals surface area contributed by atoms with E-state index in [2.05, 4.69) is 5.16 Å². The van der Waals surface area contributed by atoms with Gasteiger partial charge < -0.3 is 10.9 Å². The molecular weight excluding hydrogens is 282 g/mol. The maximum Gasteiger partial charge on any atom is 0.282 e. The third kappa shape index (κ3) is 3.60. The number of amidine groups is 1. The third-order valence-electron chi connectivity index (χ3n) is 3.78. The topological polar surface area (TPSA) is 102 Å². The Labute approximate surface area is 121 Å². The van der Waals surface area contributed by atoms with Crippen LogP contribution in [0.3, 0.4) is 0 Å². The number of nitrogens with zero attached hydrogens (tertiary/aromatic N) is 4. The second kappa shape index (κ2) is 6.70. The Kier molecular flexibility index (Phi) is 5.75. The molecule has 0 aliphatic carbocycles. The Balaban J connectivity index is 2.67. The Hall–Kier alpha value is -0.900. The van der Waals surface area contributed by atoms with Crippen LogP contribution in [0, 0.1) is 0 Å². The first-order valence-corrected chi connectivity index (χ1v) is 8.06. The van der Waals surface area contributed by atoms with E-state index in [-0.39, 0.29) is 17.9 Å². The molecule has 0 radical (unpaired) electrons. The fraction of sp³-hybridized carbons (Fsp3) is 0.909. The average Bonchev–Trinajstić information content (AvgIpc) is 2.44. The molecular formula is C11H25N5O3S. The Morgan fingerprint density at radius 3 is 2.15 bits per heavy atom. The lowest BCUT2D eigenvalue weighted by Crippen LogP contribution is -2.56. The zero-order valence-corrected chi connectivity index (χ0v) is 13.3. The summed E-state index contributed by atoms with van der Waals surface area (Å²) < 4.78 is 27.5. The number of hydrogen-bond donors (Lipinski definition) is 2. The van der Waals surface area contributed by atoms with Gasteiger partial charge in [0.2, 0.25) is 0 Å². The SMILES string of the molecule is CC(C(N)=NO)N1CCN(S(=O)(=O)N(C)C(C)C)CC1. The summed E-state index contributed by atoms with van der Waals surface area (Å²) in [5, 5.41) is 11.7. The molecule has 0 aromatic heterocycles. The van der Waals surface area contributed by atoms with Crippen molar-refractivity contribution in [3.05, 3.63) is 0 Å². The van der Waals surface area contributed by atoms with Crippen LogP contribution in [-0.4, -0.2) is 78.3 Å². The van der Waals surface area contributed by atoms with E-state index >= 15 is 0 Å². The number of hydrogen-bond acceptors (Lipinski definition) is 5. The van der Waals surface area contributed by atoms with Crippen molar-refractivity contribution in [3.63, 3.8) is 0 Å². The lowest BCUT2D eigenvalue weighted by atomic mass is 10.2. The summed E-state index contributed by atoms with van der Waals surface area (Å²) in [5.41, 5.74) is 5.57. The van der Waals surface area contributed by atoms with Crippen molar-refractivity contribution in [3.8, 4) is 0 Å². The van der Waals surface area contributed by atoms with E-state index in [1.165, 1.54) is 8.61 Å². The van der Waals surface area contributed by atoms with E-state index in [9.17, 15) is 8.42 Å². The molecule has 118 valence electrons. The lowest BCUT2D eigenvalue weighted by molar-refractivity contribution is 0.165. The van der Waals surface area contributed by atoms with Crippen molar-refractivity contribution in [2.45, 2.75) is 32.9 Å². The molecule has 0 aromatic rings. The molecule has 0 amide bonds. The van der Waals surface area contributed by atoms with Gasteiger partial charge in [0, 0.05) is 39.3 Å². The molecule has 0 saturated carbocycles. The fourth-order valence-electron chi connectivity index (χ4n) is 2.04. The van der Waals surface area contributed by atoms with Crippen molar-refractivity contribution in [2.75, 3.05) is 33.2 Å². The number of nitrogens with two attached hydrogens (primary N) is 1. The van der Waals surface area contributed by atoms with Gasteiger partial charge in [0.05, 0.1) is 6.04 Å². The minimum atomic E-state index is -3.41. The van der Waals surface area contributed by atoms with Crippen LogP contribution in [0.4, 0.5) is 0 Å². The van der Waals surface area contributed by atoms with E-state index in [0.29, 0.717) is 26.2 Å². The monoisotopic (exact) mass is 307 g/mol. The molecule has 1 fully saturated rings. The van der Waals surface area contributed by atoms with Gasteiger partial charge in [-0.3, -0.25) is 4.90 Å². The highest BCUT2D eigenvalue weighted by atomic mass is 32.2. The third-order valence-corrected chi connectivity index (χ3v) is 5.95. The molecule has 0 bridgehead atoms. The molecule has 9 heteroatoms. The zero-order valence-electron chi connectivity index (χ0n) is 12.5. The van der Waals surface area contributed by atoms with Crippen molar-refractivity contribution in [1.29, 1.82) is 0 Å². The first kappa shape index (κ1) is 17.2. The van der Waals surface area contributed by atoms with Gasteiger partial charge in [-0.1, -0.05) is 5.16 Å². The lowest BCUT2D eigenvalue weighted by Gasteiger charge is -2.38. The van der Waals surface area contributed by atoms with Gasteiger partial charge in [0.25, 0.3) is 10.2 Å². The summed E-state index contributed by atoms with van der Waals surface area (Å²) in [5.74, 6) is 0.139. The molecule has 1 aliphatic heterocycles.